The molecule has 4 heteroatoms. The minimum atomic E-state index is 0.626. The van der Waals surface area contributed by atoms with Crippen LogP contribution in [0.3, 0.4) is 0 Å². The first-order valence-corrected chi connectivity index (χ1v) is 8.04. The summed E-state index contributed by atoms with van der Waals surface area (Å²) in [4.78, 5) is 4.46. The summed E-state index contributed by atoms with van der Waals surface area (Å²) >= 11 is 0. The average molecular weight is 284 g/mol. The Bertz CT molecular complexity index is 570. The molecule has 1 aliphatic rings. The Balaban J connectivity index is 1.53. The maximum absolute atomic E-state index is 4.70. The molecule has 0 atom stereocenters. The Hall–Kier alpha value is -1.68. The Labute approximate surface area is 126 Å². The molecule has 0 saturated heterocycles. The van der Waals surface area contributed by atoms with Crippen molar-refractivity contribution >= 4 is 0 Å². The first-order valence-electron chi connectivity index (χ1n) is 8.04. The Morgan fingerprint density at radius 1 is 1.24 bits per heavy atom. The van der Waals surface area contributed by atoms with Crippen molar-refractivity contribution in [3.63, 3.8) is 0 Å². The molecule has 0 unspecified atom stereocenters. The molecule has 1 saturated carbocycles. The highest BCUT2D eigenvalue weighted by atomic mass is 15.3. The maximum Gasteiger partial charge on any atom is 0.0762 e. The van der Waals surface area contributed by atoms with E-state index in [2.05, 4.69) is 40.2 Å². The van der Waals surface area contributed by atoms with Gasteiger partial charge in [-0.1, -0.05) is 25.8 Å². The van der Waals surface area contributed by atoms with Crippen LogP contribution in [-0.2, 0) is 19.5 Å². The van der Waals surface area contributed by atoms with Gasteiger partial charge in [0.25, 0.3) is 0 Å². The van der Waals surface area contributed by atoms with Crippen LogP contribution in [0.25, 0.3) is 0 Å². The lowest BCUT2D eigenvalue weighted by Gasteiger charge is -2.09. The van der Waals surface area contributed by atoms with Crippen LogP contribution in [0.2, 0.25) is 0 Å². The summed E-state index contributed by atoms with van der Waals surface area (Å²) < 4.78 is 2.16. The molecule has 3 rings (SSSR count). The molecule has 2 heterocycles. The zero-order valence-electron chi connectivity index (χ0n) is 12.8. The van der Waals surface area contributed by atoms with E-state index in [1.807, 2.05) is 12.3 Å². The maximum atomic E-state index is 4.70. The Kier molecular flexibility index (Phi) is 4.65. The smallest absolute Gasteiger partial charge is 0.0762 e. The molecule has 112 valence electrons. The van der Waals surface area contributed by atoms with Gasteiger partial charge in [-0.25, -0.2) is 0 Å². The molecule has 0 amide bonds. The fourth-order valence-corrected chi connectivity index (χ4v) is 3.11. The summed E-state index contributed by atoms with van der Waals surface area (Å²) in [5.74, 6) is 0. The summed E-state index contributed by atoms with van der Waals surface area (Å²) in [5, 5.41) is 8.16. The molecule has 0 aromatic carbocycles. The van der Waals surface area contributed by atoms with Crippen molar-refractivity contribution in [2.75, 3.05) is 0 Å². The minimum absolute atomic E-state index is 0.626. The zero-order valence-corrected chi connectivity index (χ0v) is 12.8. The largest absolute Gasteiger partial charge is 0.305 e. The summed E-state index contributed by atoms with van der Waals surface area (Å²) in [5.41, 5.74) is 3.59. The lowest BCUT2D eigenvalue weighted by molar-refractivity contribution is 0.460. The lowest BCUT2D eigenvalue weighted by Crippen LogP contribution is -2.16. The van der Waals surface area contributed by atoms with Crippen LogP contribution in [0.4, 0.5) is 0 Å². The molecule has 0 radical (unpaired) electrons. The third-order valence-corrected chi connectivity index (χ3v) is 4.33. The van der Waals surface area contributed by atoms with Crippen molar-refractivity contribution < 1.29 is 0 Å². The van der Waals surface area contributed by atoms with Crippen LogP contribution < -0.4 is 5.32 Å². The number of rotatable bonds is 6. The third kappa shape index (κ3) is 3.50. The van der Waals surface area contributed by atoms with Crippen LogP contribution in [0.1, 0.15) is 55.6 Å². The molecule has 4 nitrogen and oxygen atoms in total. The van der Waals surface area contributed by atoms with Crippen LogP contribution >= 0.6 is 0 Å². The van der Waals surface area contributed by atoms with Gasteiger partial charge in [0.2, 0.25) is 0 Å². The normalized spacial score (nSPS) is 15.7. The molecule has 1 aliphatic carbocycles. The van der Waals surface area contributed by atoms with Crippen molar-refractivity contribution in [2.45, 2.75) is 58.2 Å². The molecule has 0 spiro atoms. The molecule has 1 fully saturated rings. The first kappa shape index (κ1) is 14.3. The first-order chi connectivity index (χ1) is 10.4. The van der Waals surface area contributed by atoms with Gasteiger partial charge in [0.1, 0.15) is 0 Å². The SMILES string of the molecule is CCc1cccnc1CNCc1ccn(C2CCCC2)n1. The standard InChI is InChI=1S/C17H24N4/c1-2-14-6-5-10-19-17(14)13-18-12-15-9-11-21(20-15)16-7-3-4-8-16/h5-6,9-11,16,18H,2-4,7-8,12-13H2,1H3. The molecule has 1 N–H and O–H groups in total. The van der Waals surface area contributed by atoms with Crippen LogP contribution in [-0.4, -0.2) is 14.8 Å². The second-order valence-electron chi connectivity index (χ2n) is 5.79. The number of aromatic nitrogens is 3. The summed E-state index contributed by atoms with van der Waals surface area (Å²) in [7, 11) is 0. The van der Waals surface area contributed by atoms with E-state index >= 15 is 0 Å². The fourth-order valence-electron chi connectivity index (χ4n) is 3.11. The second-order valence-corrected chi connectivity index (χ2v) is 5.79. The number of hydrogen-bond donors (Lipinski definition) is 1. The van der Waals surface area contributed by atoms with Crippen LogP contribution in [0.15, 0.2) is 30.6 Å². The van der Waals surface area contributed by atoms with E-state index in [-0.39, 0.29) is 0 Å². The Morgan fingerprint density at radius 3 is 2.90 bits per heavy atom. The van der Waals surface area contributed by atoms with E-state index < -0.39 is 0 Å². The van der Waals surface area contributed by atoms with Crippen molar-refractivity contribution in [3.05, 3.63) is 47.5 Å². The topological polar surface area (TPSA) is 42.7 Å². The fraction of sp³-hybridized carbons (Fsp3) is 0.529. The predicted octanol–water partition coefficient (Wildman–Crippen LogP) is 3.25. The van der Waals surface area contributed by atoms with Crippen LogP contribution in [0, 0.1) is 0 Å². The highest BCUT2D eigenvalue weighted by Crippen LogP contribution is 2.28. The summed E-state index contributed by atoms with van der Waals surface area (Å²) in [6.07, 6.45) is 10.3. The summed E-state index contributed by atoms with van der Waals surface area (Å²) in [6, 6.07) is 6.91. The molecule has 0 aliphatic heterocycles. The highest BCUT2D eigenvalue weighted by Gasteiger charge is 2.17. The molecular formula is C17H24N4. The van der Waals surface area contributed by atoms with E-state index in [9.17, 15) is 0 Å². The van der Waals surface area contributed by atoms with Crippen LogP contribution in [0.5, 0.6) is 0 Å². The molecule has 2 aromatic heterocycles. The van der Waals surface area contributed by atoms with Gasteiger partial charge in [0, 0.05) is 25.5 Å². The minimum Gasteiger partial charge on any atom is -0.305 e. The number of aryl methyl sites for hydroxylation is 1. The zero-order chi connectivity index (χ0) is 14.5. The van der Waals surface area contributed by atoms with Crippen molar-refractivity contribution in [2.24, 2.45) is 0 Å². The second kappa shape index (κ2) is 6.85. The molecule has 2 aromatic rings. The number of hydrogen-bond acceptors (Lipinski definition) is 3. The number of pyridine rings is 1. The monoisotopic (exact) mass is 284 g/mol. The van der Waals surface area contributed by atoms with Crippen molar-refractivity contribution in [3.8, 4) is 0 Å². The van der Waals surface area contributed by atoms with Gasteiger partial charge in [-0.15, -0.1) is 0 Å². The van der Waals surface area contributed by atoms with Gasteiger partial charge >= 0.3 is 0 Å². The van der Waals surface area contributed by atoms with E-state index in [4.69, 9.17) is 5.10 Å². The van der Waals surface area contributed by atoms with Crippen molar-refractivity contribution in [1.29, 1.82) is 0 Å². The number of nitrogens with zero attached hydrogens (tertiary/aromatic N) is 3. The van der Waals surface area contributed by atoms with Crippen molar-refractivity contribution in [1.82, 2.24) is 20.1 Å². The number of nitrogens with one attached hydrogen (secondary N) is 1. The van der Waals surface area contributed by atoms with E-state index in [1.54, 1.807) is 0 Å². The van der Waals surface area contributed by atoms with Gasteiger partial charge in [0.05, 0.1) is 17.4 Å². The average Bonchev–Trinajstić information content (AvgIpc) is 3.18. The van der Waals surface area contributed by atoms with Gasteiger partial charge in [-0.05, 0) is 37.0 Å². The van der Waals surface area contributed by atoms with Gasteiger partial charge in [-0.2, -0.15) is 5.10 Å². The molecular weight excluding hydrogens is 260 g/mol. The lowest BCUT2D eigenvalue weighted by atomic mass is 10.1. The van der Waals surface area contributed by atoms with Gasteiger partial charge < -0.3 is 5.32 Å². The van der Waals surface area contributed by atoms with E-state index in [0.29, 0.717) is 6.04 Å². The predicted molar refractivity (Wildman–Crippen MR) is 83.9 cm³/mol. The van der Waals surface area contributed by atoms with Gasteiger partial charge in [0.15, 0.2) is 0 Å². The summed E-state index contributed by atoms with van der Waals surface area (Å²) in [6.45, 7) is 3.78. The quantitative estimate of drug-likeness (QED) is 0.885. The third-order valence-electron chi connectivity index (χ3n) is 4.33. The molecule has 0 bridgehead atoms. The van der Waals surface area contributed by atoms with E-state index in [1.165, 1.54) is 31.2 Å². The Morgan fingerprint density at radius 2 is 2.10 bits per heavy atom. The van der Waals surface area contributed by atoms with E-state index in [0.717, 1.165) is 30.9 Å². The molecule has 21 heavy (non-hydrogen) atoms. The highest BCUT2D eigenvalue weighted by molar-refractivity contribution is 5.19. The van der Waals surface area contributed by atoms with Gasteiger partial charge in [-0.3, -0.25) is 9.67 Å².